The Morgan fingerprint density at radius 3 is 2.62 bits per heavy atom. The third-order valence-electron chi connectivity index (χ3n) is 2.79. The van der Waals surface area contributed by atoms with Crippen molar-refractivity contribution in [3.63, 3.8) is 0 Å². The van der Waals surface area contributed by atoms with Gasteiger partial charge in [0.25, 0.3) is 0 Å². The Kier molecular flexibility index (Phi) is 4.83. The molecule has 2 aromatic rings. The van der Waals surface area contributed by atoms with Crippen molar-refractivity contribution in [3.8, 4) is 0 Å². The van der Waals surface area contributed by atoms with E-state index in [0.29, 0.717) is 5.75 Å². The van der Waals surface area contributed by atoms with Crippen molar-refractivity contribution in [3.05, 3.63) is 30.1 Å². The molecule has 1 aromatic carbocycles. The summed E-state index contributed by atoms with van der Waals surface area (Å²) in [5, 5.41) is 4.84. The zero-order valence-electron chi connectivity index (χ0n) is 12.9. The number of carbonyl (C=O) groups excluding carboxylic acids is 1. The maximum Gasteiger partial charge on any atom is 0.230 e. The molecule has 0 aliphatic rings. The van der Waals surface area contributed by atoms with Crippen LogP contribution in [0, 0.1) is 0 Å². The molecule has 112 valence electrons. The fourth-order valence-corrected chi connectivity index (χ4v) is 2.79. The van der Waals surface area contributed by atoms with E-state index in [2.05, 4.69) is 15.3 Å². The van der Waals surface area contributed by atoms with Crippen LogP contribution >= 0.6 is 11.8 Å². The number of para-hydroxylation sites is 1. The van der Waals surface area contributed by atoms with E-state index < -0.39 is 0 Å². The standard InChI is InChI=1S/C16H21N3OS/c1-5-13-17-12-9-7-6-8-11(12)15(18-13)21-10-14(20)19-16(2,3)4/h6-9H,5,10H2,1-4H3,(H,19,20). The summed E-state index contributed by atoms with van der Waals surface area (Å²) >= 11 is 1.47. The number of thioether (sulfide) groups is 1. The minimum Gasteiger partial charge on any atom is -0.351 e. The summed E-state index contributed by atoms with van der Waals surface area (Å²) < 4.78 is 0. The van der Waals surface area contributed by atoms with Crippen molar-refractivity contribution in [2.75, 3.05) is 5.75 Å². The average Bonchev–Trinajstić information content (AvgIpc) is 2.42. The van der Waals surface area contributed by atoms with Crippen LogP contribution in [-0.2, 0) is 11.2 Å². The summed E-state index contributed by atoms with van der Waals surface area (Å²) in [5.41, 5.74) is 0.725. The second-order valence-corrected chi connectivity index (χ2v) is 6.87. The molecular formula is C16H21N3OS. The second kappa shape index (κ2) is 6.43. The van der Waals surface area contributed by atoms with Crippen LogP contribution in [0.4, 0.5) is 0 Å². The summed E-state index contributed by atoms with van der Waals surface area (Å²) in [7, 11) is 0. The molecule has 1 N–H and O–H groups in total. The first-order valence-corrected chi connectivity index (χ1v) is 8.07. The lowest BCUT2D eigenvalue weighted by Gasteiger charge is -2.20. The van der Waals surface area contributed by atoms with Gasteiger partial charge in [-0.2, -0.15) is 0 Å². The zero-order valence-corrected chi connectivity index (χ0v) is 13.8. The number of rotatable bonds is 4. The second-order valence-electron chi connectivity index (χ2n) is 5.90. The van der Waals surface area contributed by atoms with Crippen LogP contribution < -0.4 is 5.32 Å². The van der Waals surface area contributed by atoms with E-state index in [1.165, 1.54) is 11.8 Å². The van der Waals surface area contributed by atoms with Gasteiger partial charge in [-0.1, -0.05) is 36.9 Å². The molecule has 0 fully saturated rings. The first-order chi connectivity index (χ1) is 9.89. The molecule has 0 saturated heterocycles. The van der Waals surface area contributed by atoms with Crippen molar-refractivity contribution in [2.45, 2.75) is 44.7 Å². The van der Waals surface area contributed by atoms with Crippen LogP contribution in [0.15, 0.2) is 29.3 Å². The van der Waals surface area contributed by atoms with Crippen LogP contribution in [0.3, 0.4) is 0 Å². The summed E-state index contributed by atoms with van der Waals surface area (Å²) in [6.07, 6.45) is 0.784. The van der Waals surface area contributed by atoms with E-state index in [1.54, 1.807) is 0 Å². The summed E-state index contributed by atoms with van der Waals surface area (Å²) in [5.74, 6) is 1.20. The third-order valence-corrected chi connectivity index (χ3v) is 3.78. The number of amides is 1. The summed E-state index contributed by atoms with van der Waals surface area (Å²) in [6.45, 7) is 7.96. The van der Waals surface area contributed by atoms with Crippen molar-refractivity contribution in [2.24, 2.45) is 0 Å². The highest BCUT2D eigenvalue weighted by Crippen LogP contribution is 2.25. The number of fused-ring (bicyclic) bond motifs is 1. The summed E-state index contributed by atoms with van der Waals surface area (Å²) in [6, 6.07) is 7.92. The molecule has 0 atom stereocenters. The van der Waals surface area contributed by atoms with Gasteiger partial charge in [-0.05, 0) is 26.8 Å². The molecule has 0 radical (unpaired) electrons. The first kappa shape index (κ1) is 15.8. The minimum absolute atomic E-state index is 0.0215. The van der Waals surface area contributed by atoms with E-state index in [0.717, 1.165) is 28.2 Å². The molecule has 5 heteroatoms. The topological polar surface area (TPSA) is 54.9 Å². The lowest BCUT2D eigenvalue weighted by molar-refractivity contribution is -0.119. The number of hydrogen-bond donors (Lipinski definition) is 1. The van der Waals surface area contributed by atoms with Crippen molar-refractivity contribution >= 4 is 28.6 Å². The molecule has 0 aliphatic heterocycles. The maximum atomic E-state index is 11.9. The Hall–Kier alpha value is -1.62. The van der Waals surface area contributed by atoms with Gasteiger partial charge in [0.1, 0.15) is 10.9 Å². The zero-order chi connectivity index (χ0) is 15.5. The molecule has 2 rings (SSSR count). The lowest BCUT2D eigenvalue weighted by Crippen LogP contribution is -2.41. The van der Waals surface area contributed by atoms with Gasteiger partial charge in [-0.3, -0.25) is 4.79 Å². The van der Waals surface area contributed by atoms with Gasteiger partial charge in [0, 0.05) is 17.3 Å². The molecule has 1 aromatic heterocycles. The number of hydrogen-bond acceptors (Lipinski definition) is 4. The van der Waals surface area contributed by atoms with E-state index in [4.69, 9.17) is 0 Å². The molecule has 1 amide bonds. The normalized spacial score (nSPS) is 11.6. The van der Waals surface area contributed by atoms with Crippen LogP contribution in [-0.4, -0.2) is 27.2 Å². The molecule has 4 nitrogen and oxygen atoms in total. The molecule has 0 saturated carbocycles. The Bertz CT molecular complexity index is 650. The van der Waals surface area contributed by atoms with Crippen molar-refractivity contribution < 1.29 is 4.79 Å². The van der Waals surface area contributed by atoms with Gasteiger partial charge in [-0.25, -0.2) is 9.97 Å². The van der Waals surface area contributed by atoms with E-state index in [-0.39, 0.29) is 11.4 Å². The van der Waals surface area contributed by atoms with Gasteiger partial charge in [0.05, 0.1) is 11.3 Å². The average molecular weight is 303 g/mol. The quantitative estimate of drug-likeness (QED) is 0.696. The van der Waals surface area contributed by atoms with Crippen molar-refractivity contribution in [1.29, 1.82) is 0 Å². The number of nitrogens with zero attached hydrogens (tertiary/aromatic N) is 2. The fourth-order valence-electron chi connectivity index (χ4n) is 1.95. The van der Waals surface area contributed by atoms with Gasteiger partial charge in [-0.15, -0.1) is 0 Å². The van der Waals surface area contributed by atoms with E-state index in [9.17, 15) is 4.79 Å². The largest absolute Gasteiger partial charge is 0.351 e. The van der Waals surface area contributed by atoms with E-state index in [1.807, 2.05) is 52.0 Å². The van der Waals surface area contributed by atoms with Crippen LogP contribution in [0.5, 0.6) is 0 Å². The summed E-state index contributed by atoms with van der Waals surface area (Å²) in [4.78, 5) is 21.0. The highest BCUT2D eigenvalue weighted by Gasteiger charge is 2.15. The predicted octanol–water partition coefficient (Wildman–Crippen LogP) is 3.20. The number of aromatic nitrogens is 2. The number of benzene rings is 1. The van der Waals surface area contributed by atoms with Crippen LogP contribution in [0.25, 0.3) is 10.9 Å². The van der Waals surface area contributed by atoms with Crippen molar-refractivity contribution in [1.82, 2.24) is 15.3 Å². The fraction of sp³-hybridized carbons (Fsp3) is 0.438. The highest BCUT2D eigenvalue weighted by molar-refractivity contribution is 8.00. The van der Waals surface area contributed by atoms with E-state index >= 15 is 0 Å². The van der Waals surface area contributed by atoms with Gasteiger partial charge < -0.3 is 5.32 Å². The Balaban J connectivity index is 2.19. The number of aryl methyl sites for hydroxylation is 1. The van der Waals surface area contributed by atoms with Crippen LogP contribution in [0.1, 0.15) is 33.5 Å². The lowest BCUT2D eigenvalue weighted by atomic mass is 10.1. The number of carbonyl (C=O) groups is 1. The maximum absolute atomic E-state index is 11.9. The molecular weight excluding hydrogens is 282 g/mol. The monoisotopic (exact) mass is 303 g/mol. The Labute approximate surface area is 129 Å². The Morgan fingerprint density at radius 2 is 1.95 bits per heavy atom. The minimum atomic E-state index is -0.208. The van der Waals surface area contributed by atoms with Gasteiger partial charge in [0.15, 0.2) is 0 Å². The number of nitrogens with one attached hydrogen (secondary N) is 1. The molecule has 1 heterocycles. The third kappa shape index (κ3) is 4.43. The Morgan fingerprint density at radius 1 is 1.24 bits per heavy atom. The van der Waals surface area contributed by atoms with Gasteiger partial charge in [0.2, 0.25) is 5.91 Å². The first-order valence-electron chi connectivity index (χ1n) is 7.08. The predicted molar refractivity (Wildman–Crippen MR) is 87.5 cm³/mol. The molecule has 0 bridgehead atoms. The molecule has 0 unspecified atom stereocenters. The smallest absolute Gasteiger partial charge is 0.230 e. The highest BCUT2D eigenvalue weighted by atomic mass is 32.2. The van der Waals surface area contributed by atoms with Gasteiger partial charge >= 0.3 is 0 Å². The molecule has 0 spiro atoms. The SMILES string of the molecule is CCc1nc(SCC(=O)NC(C)(C)C)c2ccccc2n1. The molecule has 0 aliphatic carbocycles. The van der Waals surface area contributed by atoms with Crippen LogP contribution in [0.2, 0.25) is 0 Å². The molecule has 21 heavy (non-hydrogen) atoms.